The summed E-state index contributed by atoms with van der Waals surface area (Å²) in [6, 6.07) is 0. The number of fused-ring (bicyclic) bond motifs is 1. The van der Waals surface area contributed by atoms with E-state index in [1.807, 2.05) is 0 Å². The van der Waals surface area contributed by atoms with Crippen LogP contribution in [0.25, 0.3) is 0 Å². The molecular weight excluding hydrogens is 162 g/mol. The van der Waals surface area contributed by atoms with Crippen molar-refractivity contribution in [3.8, 4) is 0 Å². The van der Waals surface area contributed by atoms with Crippen LogP contribution in [0.3, 0.4) is 0 Å². The molecule has 0 spiro atoms. The van der Waals surface area contributed by atoms with Crippen LogP contribution in [0.1, 0.15) is 32.6 Å². The van der Waals surface area contributed by atoms with Crippen LogP contribution in [0.15, 0.2) is 0 Å². The zero-order valence-corrected chi connectivity index (χ0v) is 8.46. The molecule has 0 amide bonds. The molecule has 74 valence electrons. The molecule has 1 saturated heterocycles. The first-order valence-electron chi connectivity index (χ1n) is 5.47. The van der Waals surface area contributed by atoms with E-state index < -0.39 is 0 Å². The van der Waals surface area contributed by atoms with Gasteiger partial charge in [0.15, 0.2) is 0 Å². The highest BCUT2D eigenvalue weighted by atomic mass is 16.1. The minimum atomic E-state index is 0.331. The predicted octanol–water partition coefficient (Wildman–Crippen LogP) is 1.70. The lowest BCUT2D eigenvalue weighted by atomic mass is 10.0. The van der Waals surface area contributed by atoms with Crippen molar-refractivity contribution in [2.45, 2.75) is 32.6 Å². The van der Waals surface area contributed by atoms with E-state index in [1.54, 1.807) is 6.92 Å². The van der Waals surface area contributed by atoms with E-state index in [0.29, 0.717) is 5.78 Å². The van der Waals surface area contributed by atoms with Crippen molar-refractivity contribution in [3.05, 3.63) is 0 Å². The summed E-state index contributed by atoms with van der Waals surface area (Å²) in [5, 5.41) is 0. The van der Waals surface area contributed by atoms with Crippen LogP contribution in [0.2, 0.25) is 0 Å². The Kier molecular flexibility index (Phi) is 2.68. The van der Waals surface area contributed by atoms with Gasteiger partial charge in [-0.05, 0) is 31.6 Å². The molecule has 2 aliphatic rings. The zero-order valence-electron chi connectivity index (χ0n) is 8.46. The highest BCUT2D eigenvalue weighted by Crippen LogP contribution is 2.37. The molecule has 2 atom stereocenters. The zero-order chi connectivity index (χ0) is 9.26. The third-order valence-electron chi connectivity index (χ3n) is 3.58. The molecule has 1 aliphatic heterocycles. The SMILES string of the molecule is CC(=O)CCN1CC2CCCC2C1. The maximum absolute atomic E-state index is 10.8. The van der Waals surface area contributed by atoms with Gasteiger partial charge < -0.3 is 4.90 Å². The Morgan fingerprint density at radius 3 is 2.46 bits per heavy atom. The standard InChI is InChI=1S/C11H19NO/c1-9(13)5-6-12-7-10-3-2-4-11(10)8-12/h10-11H,2-8H2,1H3. The molecule has 13 heavy (non-hydrogen) atoms. The Labute approximate surface area is 80.3 Å². The molecule has 0 aromatic heterocycles. The first kappa shape index (κ1) is 9.20. The molecule has 0 N–H and O–H groups in total. The second kappa shape index (κ2) is 3.79. The molecular formula is C11H19NO. The van der Waals surface area contributed by atoms with Gasteiger partial charge >= 0.3 is 0 Å². The van der Waals surface area contributed by atoms with Gasteiger partial charge in [0, 0.05) is 26.1 Å². The van der Waals surface area contributed by atoms with E-state index >= 15 is 0 Å². The van der Waals surface area contributed by atoms with E-state index in [1.165, 1.54) is 32.4 Å². The molecule has 0 bridgehead atoms. The summed E-state index contributed by atoms with van der Waals surface area (Å²) < 4.78 is 0. The summed E-state index contributed by atoms with van der Waals surface area (Å²) in [6.45, 7) is 5.22. The summed E-state index contributed by atoms with van der Waals surface area (Å²) in [4.78, 5) is 13.3. The van der Waals surface area contributed by atoms with Crippen molar-refractivity contribution >= 4 is 5.78 Å². The van der Waals surface area contributed by atoms with Crippen molar-refractivity contribution in [3.63, 3.8) is 0 Å². The largest absolute Gasteiger partial charge is 0.302 e. The fourth-order valence-electron chi connectivity index (χ4n) is 2.83. The molecule has 2 rings (SSSR count). The number of ketones is 1. The predicted molar refractivity (Wildman–Crippen MR) is 52.6 cm³/mol. The number of hydrogen-bond acceptors (Lipinski definition) is 2. The molecule has 2 heteroatoms. The van der Waals surface area contributed by atoms with Crippen LogP contribution < -0.4 is 0 Å². The molecule has 1 saturated carbocycles. The van der Waals surface area contributed by atoms with Gasteiger partial charge in [0.1, 0.15) is 5.78 Å². The Balaban J connectivity index is 1.75. The van der Waals surface area contributed by atoms with Crippen LogP contribution in [0, 0.1) is 11.8 Å². The number of carbonyl (C=O) groups is 1. The number of likely N-dealkylation sites (tertiary alicyclic amines) is 1. The Morgan fingerprint density at radius 1 is 1.31 bits per heavy atom. The van der Waals surface area contributed by atoms with Crippen LogP contribution in [-0.4, -0.2) is 30.3 Å². The van der Waals surface area contributed by atoms with E-state index in [9.17, 15) is 4.79 Å². The van der Waals surface area contributed by atoms with Crippen LogP contribution in [0.5, 0.6) is 0 Å². The lowest BCUT2D eigenvalue weighted by Crippen LogP contribution is -2.24. The molecule has 2 unspecified atom stereocenters. The minimum Gasteiger partial charge on any atom is -0.302 e. The van der Waals surface area contributed by atoms with Gasteiger partial charge in [-0.25, -0.2) is 0 Å². The van der Waals surface area contributed by atoms with Crippen LogP contribution >= 0.6 is 0 Å². The molecule has 2 nitrogen and oxygen atoms in total. The number of carbonyl (C=O) groups excluding carboxylic acids is 1. The fraction of sp³-hybridized carbons (Fsp3) is 0.909. The summed E-state index contributed by atoms with van der Waals surface area (Å²) in [5.41, 5.74) is 0. The second-order valence-corrected chi connectivity index (χ2v) is 4.66. The van der Waals surface area contributed by atoms with Crippen molar-refractivity contribution in [2.75, 3.05) is 19.6 Å². The summed E-state index contributed by atoms with van der Waals surface area (Å²) in [7, 11) is 0. The molecule has 0 aromatic rings. The van der Waals surface area contributed by atoms with Gasteiger partial charge in [-0.15, -0.1) is 0 Å². The average molecular weight is 181 g/mol. The highest BCUT2D eigenvalue weighted by molar-refractivity contribution is 5.75. The lowest BCUT2D eigenvalue weighted by Gasteiger charge is -2.15. The number of Topliss-reactive ketones (excluding diaryl/α,β-unsaturated/α-hetero) is 1. The van der Waals surface area contributed by atoms with Crippen LogP contribution in [-0.2, 0) is 4.79 Å². The van der Waals surface area contributed by atoms with Crippen molar-refractivity contribution in [2.24, 2.45) is 11.8 Å². The number of nitrogens with zero attached hydrogens (tertiary/aromatic N) is 1. The summed E-state index contributed by atoms with van der Waals surface area (Å²) >= 11 is 0. The summed E-state index contributed by atoms with van der Waals surface area (Å²) in [6.07, 6.45) is 5.05. The van der Waals surface area contributed by atoms with E-state index in [0.717, 1.165) is 24.8 Å². The summed E-state index contributed by atoms with van der Waals surface area (Å²) in [5.74, 6) is 2.26. The Bertz CT molecular complexity index is 190. The highest BCUT2D eigenvalue weighted by Gasteiger charge is 2.35. The maximum atomic E-state index is 10.8. The number of rotatable bonds is 3. The quantitative estimate of drug-likeness (QED) is 0.660. The third-order valence-corrected chi connectivity index (χ3v) is 3.58. The van der Waals surface area contributed by atoms with Gasteiger partial charge in [0.05, 0.1) is 0 Å². The Morgan fingerprint density at radius 2 is 1.92 bits per heavy atom. The lowest BCUT2D eigenvalue weighted by molar-refractivity contribution is -0.117. The smallest absolute Gasteiger partial charge is 0.131 e. The van der Waals surface area contributed by atoms with Crippen molar-refractivity contribution < 1.29 is 4.79 Å². The van der Waals surface area contributed by atoms with Gasteiger partial charge in [-0.3, -0.25) is 4.79 Å². The molecule has 2 fully saturated rings. The first-order chi connectivity index (χ1) is 6.25. The molecule has 0 aromatic carbocycles. The third kappa shape index (κ3) is 2.11. The van der Waals surface area contributed by atoms with E-state index in [4.69, 9.17) is 0 Å². The first-order valence-corrected chi connectivity index (χ1v) is 5.47. The molecule has 0 radical (unpaired) electrons. The number of hydrogen-bond donors (Lipinski definition) is 0. The van der Waals surface area contributed by atoms with Gasteiger partial charge in [-0.1, -0.05) is 6.42 Å². The van der Waals surface area contributed by atoms with E-state index in [2.05, 4.69) is 4.90 Å². The normalized spacial score (nSPS) is 33.6. The average Bonchev–Trinajstić information content (AvgIpc) is 2.58. The Hall–Kier alpha value is -0.370. The van der Waals surface area contributed by atoms with Crippen molar-refractivity contribution in [1.82, 2.24) is 4.90 Å². The fourth-order valence-corrected chi connectivity index (χ4v) is 2.83. The molecule has 1 aliphatic carbocycles. The second-order valence-electron chi connectivity index (χ2n) is 4.66. The maximum Gasteiger partial charge on any atom is 0.131 e. The minimum absolute atomic E-state index is 0.331. The monoisotopic (exact) mass is 181 g/mol. The van der Waals surface area contributed by atoms with Gasteiger partial charge in [0.25, 0.3) is 0 Å². The van der Waals surface area contributed by atoms with Gasteiger partial charge in [0.2, 0.25) is 0 Å². The van der Waals surface area contributed by atoms with Crippen molar-refractivity contribution in [1.29, 1.82) is 0 Å². The van der Waals surface area contributed by atoms with Gasteiger partial charge in [-0.2, -0.15) is 0 Å². The topological polar surface area (TPSA) is 20.3 Å². The van der Waals surface area contributed by atoms with Crippen LogP contribution in [0.4, 0.5) is 0 Å². The van der Waals surface area contributed by atoms with E-state index in [-0.39, 0.29) is 0 Å². The molecule has 1 heterocycles.